The van der Waals surface area contributed by atoms with Crippen LogP contribution in [0.2, 0.25) is 0 Å². The average molecular weight is 261 g/mol. The molecular weight excluding hydrogens is 246 g/mol. The molecule has 1 aromatic carbocycles. The molecule has 0 atom stereocenters. The number of carbonyl (C=O) groups is 1. The van der Waals surface area contributed by atoms with Gasteiger partial charge in [0.1, 0.15) is 5.75 Å². The quantitative estimate of drug-likeness (QED) is 0.908. The highest BCUT2D eigenvalue weighted by Gasteiger charge is 2.16. The second-order valence-corrected chi connectivity index (χ2v) is 4.39. The van der Waals surface area contributed by atoms with E-state index in [2.05, 4.69) is 0 Å². The maximum absolute atomic E-state index is 12.3. The first-order chi connectivity index (χ1) is 8.97. The van der Waals surface area contributed by atoms with Crippen LogP contribution in [-0.2, 0) is 18.3 Å². The van der Waals surface area contributed by atoms with E-state index in [0.29, 0.717) is 22.4 Å². The number of aryl methyl sites for hydroxylation is 2. The lowest BCUT2D eigenvalue weighted by Crippen LogP contribution is -2.25. The molecule has 5 nitrogen and oxygen atoms in total. The van der Waals surface area contributed by atoms with Crippen LogP contribution in [-0.4, -0.2) is 22.8 Å². The van der Waals surface area contributed by atoms with Crippen molar-refractivity contribution in [1.82, 2.24) is 4.57 Å². The van der Waals surface area contributed by atoms with E-state index >= 15 is 0 Å². The Labute approximate surface area is 110 Å². The Kier molecular flexibility index (Phi) is 3.29. The van der Waals surface area contributed by atoms with Gasteiger partial charge < -0.3 is 14.4 Å². The van der Waals surface area contributed by atoms with Crippen LogP contribution in [0, 0.1) is 6.92 Å². The van der Waals surface area contributed by atoms with Crippen molar-refractivity contribution in [3.63, 3.8) is 0 Å². The van der Waals surface area contributed by atoms with Crippen LogP contribution >= 0.6 is 0 Å². The highest BCUT2D eigenvalue weighted by atomic mass is 16.5. The molecule has 2 rings (SSSR count). The van der Waals surface area contributed by atoms with Gasteiger partial charge in [0, 0.05) is 18.0 Å². The Morgan fingerprint density at radius 1 is 1.42 bits per heavy atom. The van der Waals surface area contributed by atoms with Gasteiger partial charge in [0.05, 0.1) is 19.0 Å². The highest BCUT2D eigenvalue weighted by Crippen LogP contribution is 2.27. The van der Waals surface area contributed by atoms with Gasteiger partial charge in [0.25, 0.3) is 5.56 Å². The molecule has 100 valence electrons. The second kappa shape index (κ2) is 4.76. The summed E-state index contributed by atoms with van der Waals surface area (Å²) >= 11 is 0. The average Bonchev–Trinajstić information content (AvgIpc) is 2.40. The lowest BCUT2D eigenvalue weighted by atomic mass is 10.0. The summed E-state index contributed by atoms with van der Waals surface area (Å²) in [4.78, 5) is 23.1. The van der Waals surface area contributed by atoms with Crippen LogP contribution < -0.4 is 10.3 Å². The summed E-state index contributed by atoms with van der Waals surface area (Å²) in [6.45, 7) is 1.77. The minimum atomic E-state index is -1.01. The number of hydrogen-bond donors (Lipinski definition) is 1. The summed E-state index contributed by atoms with van der Waals surface area (Å²) in [6.07, 6.45) is -0.272. The smallest absolute Gasteiger partial charge is 0.308 e. The number of pyridine rings is 1. The van der Waals surface area contributed by atoms with Crippen molar-refractivity contribution in [3.05, 3.63) is 39.7 Å². The van der Waals surface area contributed by atoms with Crippen molar-refractivity contribution in [1.29, 1.82) is 0 Å². The standard InChI is InChI=1S/C14H15NO4/c1-8-9-5-4-6-11(19-3)13(9)15(2)14(18)10(8)7-12(16)17/h4-6H,7H2,1-3H3,(H,16,17). The second-order valence-electron chi connectivity index (χ2n) is 4.39. The number of fused-ring (bicyclic) bond motifs is 1. The molecule has 0 saturated carbocycles. The molecule has 0 radical (unpaired) electrons. The van der Waals surface area contributed by atoms with E-state index < -0.39 is 5.97 Å². The van der Waals surface area contributed by atoms with Gasteiger partial charge in [-0.05, 0) is 18.6 Å². The first-order valence-electron chi connectivity index (χ1n) is 5.84. The number of rotatable bonds is 3. The van der Waals surface area contributed by atoms with E-state index in [-0.39, 0.29) is 12.0 Å². The Morgan fingerprint density at radius 3 is 2.68 bits per heavy atom. The van der Waals surface area contributed by atoms with Crippen LogP contribution in [0.1, 0.15) is 11.1 Å². The maximum atomic E-state index is 12.3. The lowest BCUT2D eigenvalue weighted by molar-refractivity contribution is -0.136. The number of benzene rings is 1. The molecule has 19 heavy (non-hydrogen) atoms. The van der Waals surface area contributed by atoms with Crippen molar-refractivity contribution >= 4 is 16.9 Å². The van der Waals surface area contributed by atoms with E-state index in [1.807, 2.05) is 12.1 Å². The van der Waals surface area contributed by atoms with Crippen LogP contribution in [0.4, 0.5) is 0 Å². The Balaban J connectivity index is 2.91. The summed E-state index contributed by atoms with van der Waals surface area (Å²) in [7, 11) is 3.16. The number of nitrogens with zero attached hydrogens (tertiary/aromatic N) is 1. The predicted molar refractivity (Wildman–Crippen MR) is 71.8 cm³/mol. The number of carboxylic acid groups (broad SMARTS) is 1. The first-order valence-corrected chi connectivity index (χ1v) is 5.84. The number of aliphatic carboxylic acids is 1. The number of carboxylic acids is 1. The van der Waals surface area contributed by atoms with Gasteiger partial charge in [0.2, 0.25) is 0 Å². The number of methoxy groups -OCH3 is 1. The molecule has 1 aromatic heterocycles. The van der Waals surface area contributed by atoms with Gasteiger partial charge >= 0.3 is 5.97 Å². The normalized spacial score (nSPS) is 10.7. The van der Waals surface area contributed by atoms with Gasteiger partial charge in [-0.1, -0.05) is 12.1 Å². The molecule has 1 heterocycles. The summed E-state index contributed by atoms with van der Waals surface area (Å²) in [6, 6.07) is 5.46. The van der Waals surface area contributed by atoms with Crippen LogP contribution in [0.25, 0.3) is 10.9 Å². The Hall–Kier alpha value is -2.30. The van der Waals surface area contributed by atoms with E-state index in [1.54, 1.807) is 27.1 Å². The maximum Gasteiger partial charge on any atom is 0.308 e. The van der Waals surface area contributed by atoms with Crippen LogP contribution in [0.3, 0.4) is 0 Å². The first kappa shape index (κ1) is 13.1. The van der Waals surface area contributed by atoms with E-state index in [0.717, 1.165) is 5.39 Å². The molecular formula is C14H15NO4. The molecule has 0 spiro atoms. The summed E-state index contributed by atoms with van der Waals surface area (Å²) in [5.74, 6) is -0.412. The summed E-state index contributed by atoms with van der Waals surface area (Å²) in [5.41, 5.74) is 1.40. The number of aromatic nitrogens is 1. The fourth-order valence-electron chi connectivity index (χ4n) is 2.32. The molecule has 0 bridgehead atoms. The van der Waals surface area contributed by atoms with Gasteiger partial charge in [-0.2, -0.15) is 0 Å². The third-order valence-electron chi connectivity index (χ3n) is 3.30. The highest BCUT2D eigenvalue weighted by molar-refractivity contribution is 5.89. The topological polar surface area (TPSA) is 68.5 Å². The molecule has 0 aliphatic rings. The molecule has 0 aliphatic heterocycles. The van der Waals surface area contributed by atoms with Crippen molar-refractivity contribution in [2.24, 2.45) is 7.05 Å². The predicted octanol–water partition coefficient (Wildman–Crippen LogP) is 1.48. The number of hydrogen-bond acceptors (Lipinski definition) is 3. The van der Waals surface area contributed by atoms with E-state index in [9.17, 15) is 9.59 Å². The molecule has 2 aromatic rings. The monoisotopic (exact) mass is 261 g/mol. The minimum Gasteiger partial charge on any atom is -0.495 e. The number of ether oxygens (including phenoxy) is 1. The molecule has 0 unspecified atom stereocenters. The van der Waals surface area contributed by atoms with Gasteiger partial charge in [-0.15, -0.1) is 0 Å². The SMILES string of the molecule is COc1cccc2c(C)c(CC(=O)O)c(=O)n(C)c12. The molecule has 0 saturated heterocycles. The summed E-state index contributed by atoms with van der Waals surface area (Å²) < 4.78 is 6.71. The van der Waals surface area contributed by atoms with Crippen molar-refractivity contribution < 1.29 is 14.6 Å². The third kappa shape index (κ3) is 2.07. The van der Waals surface area contributed by atoms with Gasteiger partial charge in [0.15, 0.2) is 0 Å². The Bertz CT molecular complexity index is 715. The van der Waals surface area contributed by atoms with Crippen LogP contribution in [0.5, 0.6) is 5.75 Å². The molecule has 5 heteroatoms. The van der Waals surface area contributed by atoms with E-state index in [1.165, 1.54) is 4.57 Å². The van der Waals surface area contributed by atoms with Gasteiger partial charge in [-0.25, -0.2) is 0 Å². The summed E-state index contributed by atoms with van der Waals surface area (Å²) in [5, 5.41) is 9.74. The zero-order valence-corrected chi connectivity index (χ0v) is 11.1. The molecule has 0 fully saturated rings. The van der Waals surface area contributed by atoms with Crippen molar-refractivity contribution in [2.45, 2.75) is 13.3 Å². The number of para-hydroxylation sites is 1. The largest absolute Gasteiger partial charge is 0.495 e. The zero-order valence-electron chi connectivity index (χ0n) is 11.1. The minimum absolute atomic E-state index is 0.272. The van der Waals surface area contributed by atoms with Crippen LogP contribution in [0.15, 0.2) is 23.0 Å². The van der Waals surface area contributed by atoms with E-state index in [4.69, 9.17) is 9.84 Å². The van der Waals surface area contributed by atoms with Crippen molar-refractivity contribution in [2.75, 3.05) is 7.11 Å². The molecule has 0 amide bonds. The third-order valence-corrected chi connectivity index (χ3v) is 3.30. The van der Waals surface area contributed by atoms with Gasteiger partial charge in [-0.3, -0.25) is 9.59 Å². The molecule has 0 aliphatic carbocycles. The Morgan fingerprint density at radius 2 is 2.11 bits per heavy atom. The zero-order chi connectivity index (χ0) is 14.2. The fraction of sp³-hybridized carbons (Fsp3) is 0.286. The lowest BCUT2D eigenvalue weighted by Gasteiger charge is -2.14. The fourth-order valence-corrected chi connectivity index (χ4v) is 2.32. The molecule has 1 N–H and O–H groups in total. The van der Waals surface area contributed by atoms with Crippen molar-refractivity contribution in [3.8, 4) is 5.75 Å².